The first-order valence-corrected chi connectivity index (χ1v) is 9.24. The van der Waals surface area contributed by atoms with Gasteiger partial charge in [0, 0.05) is 26.6 Å². The number of aliphatic hydroxyl groups is 1. The molecule has 1 rings (SSSR count). The van der Waals surface area contributed by atoms with Gasteiger partial charge in [0.2, 0.25) is 0 Å². The van der Waals surface area contributed by atoms with E-state index in [1.54, 1.807) is 7.05 Å². The zero-order valence-electron chi connectivity index (χ0n) is 15.8. The molecule has 1 atom stereocenters. The van der Waals surface area contributed by atoms with E-state index in [0.717, 1.165) is 13.1 Å². The molecule has 0 aliphatic carbocycles. The number of hydrogen-bond donors (Lipinski definition) is 1. The van der Waals surface area contributed by atoms with Crippen LogP contribution in [0, 0.1) is 0 Å². The Morgan fingerprint density at radius 1 is 1.32 bits per heavy atom. The average molecular weight is 378 g/mol. The van der Waals surface area contributed by atoms with Crippen LogP contribution in [0.4, 0.5) is 4.79 Å². The van der Waals surface area contributed by atoms with E-state index < -0.39 is 17.8 Å². The zero-order valence-corrected chi connectivity index (χ0v) is 16.6. The number of rotatable bonds is 8. The second-order valence-corrected chi connectivity index (χ2v) is 7.87. The maximum atomic E-state index is 11.8. The van der Waals surface area contributed by atoms with Gasteiger partial charge in [0.25, 0.3) is 0 Å². The number of β-amino-alcohol motifs (C(OH)–C–C–N with tert-alkyl or cyclic N) is 1. The quantitative estimate of drug-likeness (QED) is 0.520. The van der Waals surface area contributed by atoms with Crippen LogP contribution >= 0.6 is 11.6 Å². The molecule has 1 fully saturated rings. The largest absolute Gasteiger partial charge is 0.444 e. The maximum absolute atomic E-state index is 11.8. The highest BCUT2D eigenvalue weighted by Gasteiger charge is 2.19. The third kappa shape index (κ3) is 10.5. The molecule has 1 saturated heterocycles. The molecule has 146 valence electrons. The summed E-state index contributed by atoms with van der Waals surface area (Å²) in [5.74, 6) is 0. The summed E-state index contributed by atoms with van der Waals surface area (Å²) in [6.07, 6.45) is 3.00. The van der Waals surface area contributed by atoms with E-state index in [1.807, 2.05) is 20.8 Å². The van der Waals surface area contributed by atoms with Gasteiger partial charge in [0.15, 0.2) is 0 Å². The number of likely N-dealkylation sites (tertiary alicyclic amines) is 1. The molecule has 1 unspecified atom stereocenters. The highest BCUT2D eigenvalue weighted by atomic mass is 35.5. The highest BCUT2D eigenvalue weighted by Crippen LogP contribution is 2.10. The molecule has 0 aromatic rings. The summed E-state index contributed by atoms with van der Waals surface area (Å²) in [5, 5.41) is 14.0. The van der Waals surface area contributed by atoms with Gasteiger partial charge >= 0.3 is 6.09 Å². The van der Waals surface area contributed by atoms with Crippen LogP contribution in [0.15, 0.2) is 5.16 Å². The summed E-state index contributed by atoms with van der Waals surface area (Å²) >= 11 is 5.99. The number of nitrogens with zero attached hydrogens (tertiary/aromatic N) is 3. The van der Waals surface area contributed by atoms with Crippen molar-refractivity contribution in [3.05, 3.63) is 0 Å². The zero-order chi connectivity index (χ0) is 18.9. The lowest BCUT2D eigenvalue weighted by atomic mass is 10.1. The lowest BCUT2D eigenvalue weighted by Gasteiger charge is -2.27. The molecule has 8 heteroatoms. The Bertz CT molecular complexity index is 434. The summed E-state index contributed by atoms with van der Waals surface area (Å²) in [7, 11) is 1.64. The fraction of sp³-hybridized carbons (Fsp3) is 0.882. The summed E-state index contributed by atoms with van der Waals surface area (Å²) in [6.45, 7) is 8.57. The molecule has 0 spiro atoms. The molecule has 0 saturated carbocycles. The summed E-state index contributed by atoms with van der Waals surface area (Å²) in [6, 6.07) is 0. The molecular formula is C17H32ClN3O4. The van der Waals surface area contributed by atoms with E-state index >= 15 is 0 Å². The number of piperidine rings is 1. The van der Waals surface area contributed by atoms with Gasteiger partial charge in [-0.05, 0) is 46.7 Å². The third-order valence-electron chi connectivity index (χ3n) is 3.71. The number of carbonyl (C=O) groups excluding carboxylic acids is 1. The SMILES string of the molecule is CN(CC/C(Cl)=N\OCC(O)CN1CCCCC1)C(=O)OC(C)(C)C. The van der Waals surface area contributed by atoms with Crippen LogP contribution in [-0.4, -0.2) is 77.7 Å². The summed E-state index contributed by atoms with van der Waals surface area (Å²) in [5.41, 5.74) is -0.531. The van der Waals surface area contributed by atoms with Crippen LogP contribution in [0.2, 0.25) is 0 Å². The van der Waals surface area contributed by atoms with Crippen LogP contribution < -0.4 is 0 Å². The third-order valence-corrected chi connectivity index (χ3v) is 3.96. The van der Waals surface area contributed by atoms with Crippen LogP contribution in [0.5, 0.6) is 0 Å². The van der Waals surface area contributed by atoms with Crippen molar-refractivity contribution in [3.63, 3.8) is 0 Å². The van der Waals surface area contributed by atoms with Crippen molar-refractivity contribution in [1.82, 2.24) is 9.80 Å². The van der Waals surface area contributed by atoms with Crippen LogP contribution in [0.3, 0.4) is 0 Å². The monoisotopic (exact) mass is 377 g/mol. The Balaban J connectivity index is 2.20. The Kier molecular flexibility index (Phi) is 9.53. The molecule has 0 aromatic carbocycles. The van der Waals surface area contributed by atoms with Crippen molar-refractivity contribution in [2.75, 3.05) is 39.8 Å². The lowest BCUT2D eigenvalue weighted by molar-refractivity contribution is 0.0158. The van der Waals surface area contributed by atoms with Crippen molar-refractivity contribution in [2.24, 2.45) is 5.16 Å². The number of ether oxygens (including phenoxy) is 1. The smallest absolute Gasteiger partial charge is 0.410 e. The second-order valence-electron chi connectivity index (χ2n) is 7.43. The highest BCUT2D eigenvalue weighted by molar-refractivity contribution is 6.65. The van der Waals surface area contributed by atoms with Gasteiger partial charge in [-0.3, -0.25) is 0 Å². The lowest BCUT2D eigenvalue weighted by Crippen LogP contribution is -2.38. The number of halogens is 1. The van der Waals surface area contributed by atoms with E-state index in [-0.39, 0.29) is 11.8 Å². The standard InChI is InChI=1S/C17H32ClN3O4/c1-17(2,3)25-16(23)20(4)11-8-15(18)19-24-13-14(22)12-21-9-6-5-7-10-21/h14,22H,5-13H2,1-4H3/b19-15+. The minimum atomic E-state index is -0.587. The number of hydrogen-bond acceptors (Lipinski definition) is 6. The van der Waals surface area contributed by atoms with Gasteiger partial charge in [0.1, 0.15) is 23.5 Å². The first-order chi connectivity index (χ1) is 11.7. The molecular weight excluding hydrogens is 346 g/mol. The average Bonchev–Trinajstić information content (AvgIpc) is 2.51. The summed E-state index contributed by atoms with van der Waals surface area (Å²) < 4.78 is 5.25. The Labute approximate surface area is 155 Å². The van der Waals surface area contributed by atoms with Gasteiger partial charge < -0.3 is 24.5 Å². The van der Waals surface area contributed by atoms with Crippen molar-refractivity contribution in [2.45, 2.75) is 58.2 Å². The molecule has 0 aromatic heterocycles. The molecule has 1 amide bonds. The minimum absolute atomic E-state index is 0.106. The number of carbonyl (C=O) groups is 1. The predicted octanol–water partition coefficient (Wildman–Crippen LogP) is 2.66. The Morgan fingerprint density at radius 3 is 2.56 bits per heavy atom. The Morgan fingerprint density at radius 2 is 1.96 bits per heavy atom. The van der Waals surface area contributed by atoms with E-state index in [0.29, 0.717) is 19.5 Å². The van der Waals surface area contributed by atoms with Gasteiger partial charge in [-0.25, -0.2) is 4.79 Å². The number of amides is 1. The van der Waals surface area contributed by atoms with Crippen molar-refractivity contribution in [3.8, 4) is 0 Å². The van der Waals surface area contributed by atoms with Crippen LogP contribution in [0.1, 0.15) is 46.5 Å². The minimum Gasteiger partial charge on any atom is -0.444 e. The predicted molar refractivity (Wildman–Crippen MR) is 99.0 cm³/mol. The molecule has 1 aliphatic heterocycles. The molecule has 7 nitrogen and oxygen atoms in total. The van der Waals surface area contributed by atoms with E-state index in [4.69, 9.17) is 21.2 Å². The molecule has 0 bridgehead atoms. The number of aliphatic hydroxyl groups excluding tert-OH is 1. The van der Waals surface area contributed by atoms with Crippen molar-refractivity contribution >= 4 is 22.9 Å². The molecule has 0 radical (unpaired) electrons. The fourth-order valence-corrected chi connectivity index (χ4v) is 2.56. The number of oxime groups is 1. The van der Waals surface area contributed by atoms with Crippen molar-refractivity contribution in [1.29, 1.82) is 0 Å². The van der Waals surface area contributed by atoms with E-state index in [2.05, 4.69) is 10.1 Å². The van der Waals surface area contributed by atoms with E-state index in [1.165, 1.54) is 24.2 Å². The van der Waals surface area contributed by atoms with Crippen molar-refractivity contribution < 1.29 is 19.5 Å². The van der Waals surface area contributed by atoms with Gasteiger partial charge in [-0.15, -0.1) is 0 Å². The van der Waals surface area contributed by atoms with Crippen LogP contribution in [0.25, 0.3) is 0 Å². The van der Waals surface area contributed by atoms with Gasteiger partial charge in [-0.2, -0.15) is 0 Å². The molecule has 1 aliphatic rings. The molecule has 1 N–H and O–H groups in total. The molecule has 1 heterocycles. The Hall–Kier alpha value is -1.05. The van der Waals surface area contributed by atoms with Gasteiger partial charge in [0.05, 0.1) is 0 Å². The summed E-state index contributed by atoms with van der Waals surface area (Å²) in [4.78, 5) is 20.6. The maximum Gasteiger partial charge on any atom is 0.410 e. The first-order valence-electron chi connectivity index (χ1n) is 8.86. The first kappa shape index (κ1) is 22.0. The van der Waals surface area contributed by atoms with Crippen LogP contribution in [-0.2, 0) is 9.57 Å². The van der Waals surface area contributed by atoms with Gasteiger partial charge in [-0.1, -0.05) is 23.2 Å². The second kappa shape index (κ2) is 10.8. The topological polar surface area (TPSA) is 74.6 Å². The molecule has 25 heavy (non-hydrogen) atoms. The normalized spacial score (nSPS) is 17.9. The fourth-order valence-electron chi connectivity index (χ4n) is 2.42. The van der Waals surface area contributed by atoms with E-state index in [9.17, 15) is 9.90 Å².